The number of methoxy groups -OCH3 is 1. The first kappa shape index (κ1) is 17.0. The van der Waals surface area contributed by atoms with Gasteiger partial charge in [-0.3, -0.25) is 0 Å². The number of hydrogen-bond donors (Lipinski definition) is 1. The number of aryl methyl sites for hydroxylation is 1. The van der Waals surface area contributed by atoms with Crippen LogP contribution >= 0.6 is 0 Å². The fraction of sp³-hybridized carbons (Fsp3) is 0.333. The Bertz CT molecular complexity index is 830. The van der Waals surface area contributed by atoms with Gasteiger partial charge in [0.1, 0.15) is 5.75 Å². The maximum atomic E-state index is 13.0. The average molecular weight is 347 g/mol. The van der Waals surface area contributed by atoms with Crippen LogP contribution in [-0.4, -0.2) is 37.1 Å². The van der Waals surface area contributed by atoms with Gasteiger partial charge in [-0.25, -0.2) is 8.42 Å². The molecular formula is C18H21NO4S. The molecule has 0 radical (unpaired) electrons. The molecule has 5 nitrogen and oxygen atoms in total. The van der Waals surface area contributed by atoms with E-state index in [2.05, 4.69) is 0 Å². The third-order valence-electron chi connectivity index (χ3n) is 4.59. The lowest BCUT2D eigenvalue weighted by Gasteiger charge is -2.10. The van der Waals surface area contributed by atoms with Gasteiger partial charge in [-0.05, 0) is 43.7 Å². The van der Waals surface area contributed by atoms with Gasteiger partial charge in [0.15, 0.2) is 0 Å². The molecule has 1 unspecified atom stereocenters. The van der Waals surface area contributed by atoms with E-state index in [1.807, 2.05) is 19.1 Å². The molecule has 6 heteroatoms. The Hall–Kier alpha value is -1.89. The highest BCUT2D eigenvalue weighted by Crippen LogP contribution is 2.56. The topological polar surface area (TPSA) is 66.6 Å². The zero-order valence-electron chi connectivity index (χ0n) is 13.9. The molecular weight excluding hydrogens is 326 g/mol. The van der Waals surface area contributed by atoms with Crippen LogP contribution in [-0.2, 0) is 10.0 Å². The van der Waals surface area contributed by atoms with Crippen molar-refractivity contribution in [2.75, 3.05) is 13.7 Å². The Labute approximate surface area is 142 Å². The summed E-state index contributed by atoms with van der Waals surface area (Å²) < 4.78 is 32.5. The smallest absolute Gasteiger partial charge is 0.244 e. The van der Waals surface area contributed by atoms with Crippen LogP contribution in [0.3, 0.4) is 0 Å². The summed E-state index contributed by atoms with van der Waals surface area (Å²) in [6.07, 6.45) is 0. The van der Waals surface area contributed by atoms with E-state index in [1.54, 1.807) is 50.4 Å². The van der Waals surface area contributed by atoms with Crippen molar-refractivity contribution in [3.05, 3.63) is 59.7 Å². The number of aliphatic hydroxyl groups is 1. The summed E-state index contributed by atoms with van der Waals surface area (Å²) in [6.45, 7) is 3.42. The van der Waals surface area contributed by atoms with Gasteiger partial charge >= 0.3 is 0 Å². The van der Waals surface area contributed by atoms with E-state index in [1.165, 1.54) is 4.31 Å². The van der Waals surface area contributed by atoms with Gasteiger partial charge in [0, 0.05) is 0 Å². The van der Waals surface area contributed by atoms with E-state index < -0.39 is 15.6 Å². The van der Waals surface area contributed by atoms with Gasteiger partial charge in [0.25, 0.3) is 0 Å². The van der Waals surface area contributed by atoms with Crippen molar-refractivity contribution in [3.63, 3.8) is 0 Å². The molecule has 2 aromatic carbocycles. The van der Waals surface area contributed by atoms with Gasteiger partial charge in [0.05, 0.1) is 30.2 Å². The summed E-state index contributed by atoms with van der Waals surface area (Å²) in [5.41, 5.74) is 0.998. The fourth-order valence-electron chi connectivity index (χ4n) is 3.07. The van der Waals surface area contributed by atoms with Crippen molar-refractivity contribution >= 4 is 10.0 Å². The number of nitrogens with zero attached hydrogens (tertiary/aromatic N) is 1. The van der Waals surface area contributed by atoms with E-state index in [9.17, 15) is 13.5 Å². The van der Waals surface area contributed by atoms with Crippen LogP contribution in [0.25, 0.3) is 0 Å². The molecule has 128 valence electrons. The molecule has 0 saturated carbocycles. The SMILES string of the molecule is COc1ccc([C@H]2N(S(=O)(=O)c3ccc(C)cc3)[C@]2(C)CO)cc1. The number of aliphatic hydroxyl groups excluding tert-OH is 1. The minimum atomic E-state index is -3.67. The molecule has 1 fully saturated rings. The van der Waals surface area contributed by atoms with Gasteiger partial charge < -0.3 is 9.84 Å². The third kappa shape index (κ3) is 2.60. The maximum Gasteiger partial charge on any atom is 0.244 e. The van der Waals surface area contributed by atoms with E-state index in [0.717, 1.165) is 11.1 Å². The molecule has 2 aromatic rings. The maximum absolute atomic E-state index is 13.0. The number of ether oxygens (including phenoxy) is 1. The Morgan fingerprint density at radius 2 is 1.71 bits per heavy atom. The molecule has 1 saturated heterocycles. The highest BCUT2D eigenvalue weighted by atomic mass is 32.2. The van der Waals surface area contributed by atoms with Crippen molar-refractivity contribution in [3.8, 4) is 5.75 Å². The lowest BCUT2D eigenvalue weighted by Crippen LogP contribution is -2.24. The molecule has 0 bridgehead atoms. The van der Waals surface area contributed by atoms with Crippen LogP contribution in [0.2, 0.25) is 0 Å². The number of benzene rings is 2. The molecule has 0 aliphatic carbocycles. The highest BCUT2D eigenvalue weighted by Gasteiger charge is 2.65. The normalized spacial score (nSPS) is 26.2. The second kappa shape index (κ2) is 5.88. The van der Waals surface area contributed by atoms with Crippen molar-refractivity contribution in [1.29, 1.82) is 0 Å². The Kier molecular flexibility index (Phi) is 4.15. The summed E-state index contributed by atoms with van der Waals surface area (Å²) in [7, 11) is -2.09. The predicted octanol–water partition coefficient (Wildman–Crippen LogP) is 2.50. The largest absolute Gasteiger partial charge is 0.497 e. The van der Waals surface area contributed by atoms with Crippen LogP contribution in [0.1, 0.15) is 24.1 Å². The Morgan fingerprint density at radius 1 is 1.12 bits per heavy atom. The Balaban J connectivity index is 1.98. The molecule has 0 spiro atoms. The zero-order chi connectivity index (χ0) is 17.5. The van der Waals surface area contributed by atoms with Gasteiger partial charge in [-0.1, -0.05) is 29.8 Å². The van der Waals surface area contributed by atoms with Crippen molar-refractivity contribution in [2.24, 2.45) is 0 Å². The van der Waals surface area contributed by atoms with Gasteiger partial charge in [-0.2, -0.15) is 4.31 Å². The third-order valence-corrected chi connectivity index (χ3v) is 6.60. The second-order valence-corrected chi connectivity index (χ2v) is 8.12. The van der Waals surface area contributed by atoms with Crippen molar-refractivity contribution in [2.45, 2.75) is 30.3 Å². The van der Waals surface area contributed by atoms with Gasteiger partial charge in [-0.15, -0.1) is 0 Å². The zero-order valence-corrected chi connectivity index (χ0v) is 14.7. The minimum Gasteiger partial charge on any atom is -0.497 e. The van der Waals surface area contributed by atoms with Crippen LogP contribution in [0, 0.1) is 6.92 Å². The highest BCUT2D eigenvalue weighted by molar-refractivity contribution is 7.89. The molecule has 24 heavy (non-hydrogen) atoms. The minimum absolute atomic E-state index is 0.240. The second-order valence-electron chi connectivity index (χ2n) is 6.30. The average Bonchev–Trinajstić information content (AvgIpc) is 3.23. The summed E-state index contributed by atoms with van der Waals surface area (Å²) in [4.78, 5) is 0.240. The summed E-state index contributed by atoms with van der Waals surface area (Å²) in [5.74, 6) is 0.707. The summed E-state index contributed by atoms with van der Waals surface area (Å²) in [5, 5.41) is 9.79. The first-order valence-corrected chi connectivity index (χ1v) is 9.14. The monoisotopic (exact) mass is 347 g/mol. The predicted molar refractivity (Wildman–Crippen MR) is 91.4 cm³/mol. The van der Waals surface area contributed by atoms with E-state index in [-0.39, 0.29) is 17.5 Å². The van der Waals surface area contributed by atoms with E-state index in [4.69, 9.17) is 4.74 Å². The van der Waals surface area contributed by atoms with Crippen LogP contribution < -0.4 is 4.74 Å². The number of rotatable bonds is 5. The molecule has 3 rings (SSSR count). The molecule has 1 aliphatic rings. The standard InChI is InChI=1S/C18H21NO4S/c1-13-4-10-16(11-5-13)24(21,22)19-17(18(19,2)12-20)14-6-8-15(23-3)9-7-14/h4-11,17,20H,12H2,1-3H3/t17-,18-,19?/m1/s1. The summed E-state index contributed by atoms with van der Waals surface area (Å²) >= 11 is 0. The lowest BCUT2D eigenvalue weighted by molar-refractivity contribution is 0.243. The van der Waals surface area contributed by atoms with E-state index in [0.29, 0.717) is 5.75 Å². The molecule has 1 heterocycles. The Morgan fingerprint density at radius 3 is 2.21 bits per heavy atom. The first-order valence-electron chi connectivity index (χ1n) is 7.70. The quantitative estimate of drug-likeness (QED) is 0.844. The molecule has 1 N–H and O–H groups in total. The van der Waals surface area contributed by atoms with Gasteiger partial charge in [0.2, 0.25) is 10.0 Å². The molecule has 0 aromatic heterocycles. The molecule has 3 atom stereocenters. The summed E-state index contributed by atoms with van der Waals surface area (Å²) in [6, 6.07) is 13.6. The number of sulfonamides is 1. The van der Waals surface area contributed by atoms with Crippen molar-refractivity contribution in [1.82, 2.24) is 4.31 Å². The van der Waals surface area contributed by atoms with Crippen LogP contribution in [0.4, 0.5) is 0 Å². The first-order chi connectivity index (χ1) is 11.3. The van der Waals surface area contributed by atoms with Crippen LogP contribution in [0.5, 0.6) is 5.75 Å². The van der Waals surface area contributed by atoms with Crippen molar-refractivity contribution < 1.29 is 18.3 Å². The lowest BCUT2D eigenvalue weighted by atomic mass is 10.0. The number of hydrogen-bond acceptors (Lipinski definition) is 4. The molecule has 0 amide bonds. The molecule has 1 aliphatic heterocycles. The fourth-order valence-corrected chi connectivity index (χ4v) is 5.06. The van der Waals surface area contributed by atoms with E-state index >= 15 is 0 Å². The van der Waals surface area contributed by atoms with Crippen LogP contribution in [0.15, 0.2) is 53.4 Å².